The molecule has 24 heavy (non-hydrogen) atoms. The van der Waals surface area contributed by atoms with Crippen molar-refractivity contribution in [3.8, 4) is 0 Å². The fourth-order valence-electron chi connectivity index (χ4n) is 1.89. The number of alkyl halides is 3. The van der Waals surface area contributed by atoms with E-state index in [2.05, 4.69) is 4.72 Å². The summed E-state index contributed by atoms with van der Waals surface area (Å²) >= 11 is 0. The molecule has 2 aromatic carbocycles. The zero-order valence-corrected chi connectivity index (χ0v) is 13.0. The Kier molecular flexibility index (Phi) is 4.52. The maximum atomic E-state index is 12.5. The molecule has 6 nitrogen and oxygen atoms in total. The molecule has 0 fully saturated rings. The van der Waals surface area contributed by atoms with Gasteiger partial charge in [0.2, 0.25) is 0 Å². The van der Waals surface area contributed by atoms with Gasteiger partial charge in [0.1, 0.15) is 0 Å². The third-order valence-electron chi connectivity index (χ3n) is 3.15. The van der Waals surface area contributed by atoms with Crippen molar-refractivity contribution in [2.45, 2.75) is 18.0 Å². The Morgan fingerprint density at radius 2 is 1.67 bits per heavy atom. The minimum Gasteiger partial charge on any atom is -0.280 e. The topological polar surface area (TPSA) is 89.3 Å². The Balaban J connectivity index is 2.32. The summed E-state index contributed by atoms with van der Waals surface area (Å²) in [6, 6.07) is 6.73. The molecule has 0 aliphatic heterocycles. The fourth-order valence-corrected chi connectivity index (χ4v) is 2.97. The van der Waals surface area contributed by atoms with Gasteiger partial charge in [-0.05, 0) is 37.3 Å². The van der Waals surface area contributed by atoms with E-state index in [9.17, 15) is 31.7 Å². The fraction of sp³-hybridized carbons (Fsp3) is 0.143. The number of sulfonamides is 1. The lowest BCUT2D eigenvalue weighted by Crippen LogP contribution is -2.14. The van der Waals surface area contributed by atoms with Crippen LogP contribution in [0.1, 0.15) is 11.1 Å². The van der Waals surface area contributed by atoms with Crippen LogP contribution in [0.3, 0.4) is 0 Å². The molecule has 0 bridgehead atoms. The number of nitrogens with zero attached hydrogens (tertiary/aromatic N) is 1. The molecule has 0 heterocycles. The molecule has 0 aromatic heterocycles. The predicted octanol–water partition coefficient (Wildman–Crippen LogP) is 3.72. The van der Waals surface area contributed by atoms with Gasteiger partial charge in [0.25, 0.3) is 15.7 Å². The van der Waals surface area contributed by atoms with Crippen LogP contribution in [0.5, 0.6) is 0 Å². The maximum absolute atomic E-state index is 12.5. The molecule has 1 N–H and O–H groups in total. The highest BCUT2D eigenvalue weighted by Gasteiger charge is 2.30. The van der Waals surface area contributed by atoms with E-state index in [-0.39, 0.29) is 21.8 Å². The number of nitrogens with one attached hydrogen (secondary N) is 1. The molecule has 0 amide bonds. The number of nitro benzene ring substituents is 1. The molecule has 0 aliphatic carbocycles. The van der Waals surface area contributed by atoms with E-state index in [1.165, 1.54) is 19.1 Å². The third-order valence-corrected chi connectivity index (χ3v) is 4.53. The van der Waals surface area contributed by atoms with Gasteiger partial charge in [-0.25, -0.2) is 8.42 Å². The van der Waals surface area contributed by atoms with Gasteiger partial charge in [-0.3, -0.25) is 14.8 Å². The van der Waals surface area contributed by atoms with Crippen molar-refractivity contribution in [1.29, 1.82) is 0 Å². The molecule has 2 rings (SSSR count). The first-order chi connectivity index (χ1) is 11.0. The molecule has 0 radical (unpaired) electrons. The average Bonchev–Trinajstić information content (AvgIpc) is 2.46. The highest BCUT2D eigenvalue weighted by atomic mass is 32.2. The molecule has 2 aromatic rings. The van der Waals surface area contributed by atoms with Crippen molar-refractivity contribution >= 4 is 21.4 Å². The highest BCUT2D eigenvalue weighted by molar-refractivity contribution is 7.92. The van der Waals surface area contributed by atoms with Crippen LogP contribution in [0.4, 0.5) is 24.5 Å². The quantitative estimate of drug-likeness (QED) is 0.665. The van der Waals surface area contributed by atoms with Crippen LogP contribution in [0, 0.1) is 17.0 Å². The number of anilines is 1. The van der Waals surface area contributed by atoms with Crippen molar-refractivity contribution in [3.05, 3.63) is 63.7 Å². The van der Waals surface area contributed by atoms with Crippen LogP contribution >= 0.6 is 0 Å². The molecule has 0 aliphatic rings. The summed E-state index contributed by atoms with van der Waals surface area (Å²) in [7, 11) is -4.17. The van der Waals surface area contributed by atoms with Gasteiger partial charge in [-0.1, -0.05) is 6.07 Å². The van der Waals surface area contributed by atoms with Crippen molar-refractivity contribution in [3.63, 3.8) is 0 Å². The summed E-state index contributed by atoms with van der Waals surface area (Å²) in [6.07, 6.45) is -4.53. The molecule has 0 saturated heterocycles. The van der Waals surface area contributed by atoms with Gasteiger partial charge in [0.05, 0.1) is 15.4 Å². The van der Waals surface area contributed by atoms with Crippen molar-refractivity contribution < 1.29 is 26.5 Å². The van der Waals surface area contributed by atoms with Gasteiger partial charge in [-0.2, -0.15) is 13.2 Å². The van der Waals surface area contributed by atoms with Crippen LogP contribution in [0.25, 0.3) is 0 Å². The Morgan fingerprint density at radius 3 is 2.17 bits per heavy atom. The number of benzene rings is 2. The Morgan fingerprint density at radius 1 is 1.08 bits per heavy atom. The average molecular weight is 360 g/mol. The Labute approximate surface area is 135 Å². The smallest absolute Gasteiger partial charge is 0.280 e. The minimum absolute atomic E-state index is 0.0915. The predicted molar refractivity (Wildman–Crippen MR) is 80.1 cm³/mol. The normalized spacial score (nSPS) is 12.0. The lowest BCUT2D eigenvalue weighted by atomic mass is 10.2. The largest absolute Gasteiger partial charge is 0.416 e. The number of hydrogen-bond acceptors (Lipinski definition) is 4. The molecule has 0 unspecified atom stereocenters. The molecule has 0 atom stereocenters. The molecule has 0 spiro atoms. The lowest BCUT2D eigenvalue weighted by molar-refractivity contribution is -0.385. The minimum atomic E-state index is -4.53. The zero-order valence-electron chi connectivity index (χ0n) is 12.2. The summed E-state index contributed by atoms with van der Waals surface area (Å²) in [4.78, 5) is 9.80. The van der Waals surface area contributed by atoms with Gasteiger partial charge < -0.3 is 0 Å². The SMILES string of the molecule is Cc1ccc(S(=O)(=O)Nc2ccc(C(F)(F)F)cc2)cc1[N+](=O)[O-]. The number of nitro groups is 1. The zero-order chi connectivity index (χ0) is 18.1. The maximum Gasteiger partial charge on any atom is 0.416 e. The monoisotopic (exact) mass is 360 g/mol. The van der Waals surface area contributed by atoms with Crippen molar-refractivity contribution in [2.24, 2.45) is 0 Å². The first-order valence-electron chi connectivity index (χ1n) is 6.46. The molecular formula is C14H11F3N2O4S. The van der Waals surface area contributed by atoms with Crippen LogP contribution in [-0.2, 0) is 16.2 Å². The summed E-state index contributed by atoms with van der Waals surface area (Å²) in [5, 5.41) is 10.9. The molecule has 128 valence electrons. The second kappa shape index (κ2) is 6.11. The second-order valence-corrected chi connectivity index (χ2v) is 6.57. The molecule has 10 heteroatoms. The Bertz CT molecular complexity index is 878. The van der Waals surface area contributed by atoms with E-state index in [1.54, 1.807) is 0 Å². The van der Waals surface area contributed by atoms with E-state index < -0.39 is 26.7 Å². The van der Waals surface area contributed by atoms with Crippen LogP contribution in [0.15, 0.2) is 47.4 Å². The lowest BCUT2D eigenvalue weighted by Gasteiger charge is -2.10. The standard InChI is InChI=1S/C14H11F3N2O4S/c1-9-2-7-12(8-13(9)19(20)21)24(22,23)18-11-5-3-10(4-6-11)14(15,16)17/h2-8,18H,1H3. The van der Waals surface area contributed by atoms with Gasteiger partial charge >= 0.3 is 6.18 Å². The number of halogens is 3. The van der Waals surface area contributed by atoms with Crippen LogP contribution < -0.4 is 4.72 Å². The summed E-state index contributed by atoms with van der Waals surface area (Å²) in [6.45, 7) is 1.46. The summed E-state index contributed by atoms with van der Waals surface area (Å²) in [5.74, 6) is 0. The Hall–Kier alpha value is -2.62. The van der Waals surface area contributed by atoms with Crippen molar-refractivity contribution in [1.82, 2.24) is 0 Å². The highest BCUT2D eigenvalue weighted by Crippen LogP contribution is 2.30. The van der Waals surface area contributed by atoms with Gasteiger partial charge in [-0.15, -0.1) is 0 Å². The summed E-state index contributed by atoms with van der Waals surface area (Å²) in [5.41, 5.74) is -1.10. The van der Waals surface area contributed by atoms with E-state index >= 15 is 0 Å². The second-order valence-electron chi connectivity index (χ2n) is 4.89. The number of hydrogen-bond donors (Lipinski definition) is 1. The first-order valence-corrected chi connectivity index (χ1v) is 7.94. The van der Waals surface area contributed by atoms with Crippen LogP contribution in [0.2, 0.25) is 0 Å². The molecular weight excluding hydrogens is 349 g/mol. The van der Waals surface area contributed by atoms with E-state index in [0.717, 1.165) is 30.3 Å². The van der Waals surface area contributed by atoms with Crippen molar-refractivity contribution in [2.75, 3.05) is 4.72 Å². The summed E-state index contributed by atoms with van der Waals surface area (Å²) < 4.78 is 63.9. The van der Waals surface area contributed by atoms with Gasteiger partial charge in [0, 0.05) is 17.3 Å². The van der Waals surface area contributed by atoms with E-state index in [1.807, 2.05) is 0 Å². The number of aryl methyl sites for hydroxylation is 1. The van der Waals surface area contributed by atoms with Crippen LogP contribution in [-0.4, -0.2) is 13.3 Å². The first kappa shape index (κ1) is 17.7. The molecule has 0 saturated carbocycles. The van der Waals surface area contributed by atoms with Gasteiger partial charge in [0.15, 0.2) is 0 Å². The van der Waals surface area contributed by atoms with E-state index in [0.29, 0.717) is 0 Å². The number of rotatable bonds is 4. The third kappa shape index (κ3) is 3.82. The van der Waals surface area contributed by atoms with E-state index in [4.69, 9.17) is 0 Å².